The number of hydrogen-bond acceptors (Lipinski definition) is 17. The Morgan fingerprint density at radius 2 is 1.60 bits per heavy atom. The lowest BCUT2D eigenvalue weighted by Crippen LogP contribution is -2.82. The lowest BCUT2D eigenvalue weighted by atomic mass is 9.44. The molecule has 7 rings (SSSR count). The van der Waals surface area contributed by atoms with Gasteiger partial charge in [0.1, 0.15) is 30.0 Å². The van der Waals surface area contributed by atoms with Crippen LogP contribution >= 0.6 is 0 Å². The summed E-state index contributed by atoms with van der Waals surface area (Å²) in [6, 6.07) is 6.45. The Balaban J connectivity index is 1.41. The van der Waals surface area contributed by atoms with Crippen molar-refractivity contribution in [1.29, 1.82) is 0 Å². The van der Waals surface area contributed by atoms with Crippen LogP contribution in [-0.4, -0.2) is 141 Å². The molecule has 1 aromatic rings. The van der Waals surface area contributed by atoms with E-state index in [1.165, 1.54) is 39.8 Å². The van der Waals surface area contributed by atoms with Gasteiger partial charge in [0.05, 0.1) is 42.3 Å². The van der Waals surface area contributed by atoms with E-state index in [1.807, 2.05) is 0 Å². The van der Waals surface area contributed by atoms with Gasteiger partial charge in [-0.15, -0.1) is 0 Å². The third-order valence-corrected chi connectivity index (χ3v) is 13.9. The quantitative estimate of drug-likeness (QED) is 0.203. The highest BCUT2D eigenvalue weighted by atomic mass is 16.8. The van der Waals surface area contributed by atoms with Crippen molar-refractivity contribution in [1.82, 2.24) is 4.90 Å². The molecule has 1 aromatic carbocycles. The Hall–Kier alpha value is -4.62. The summed E-state index contributed by atoms with van der Waals surface area (Å²) in [6.07, 6.45) is -13.8. The van der Waals surface area contributed by atoms with Crippen molar-refractivity contribution in [3.8, 4) is 0 Å². The zero-order chi connectivity index (χ0) is 44.3. The van der Waals surface area contributed by atoms with Gasteiger partial charge in [-0.3, -0.25) is 14.5 Å². The average molecular weight is 844 g/mol. The Bertz CT molecular complexity index is 2030. The van der Waals surface area contributed by atoms with Gasteiger partial charge in [0.25, 0.3) is 0 Å². The first kappa shape index (κ1) is 43.5. The number of carbonyl (C=O) groups is 6. The Morgan fingerprint density at radius 1 is 0.950 bits per heavy atom. The van der Waals surface area contributed by atoms with Crippen molar-refractivity contribution in [3.63, 3.8) is 0 Å². The summed E-state index contributed by atoms with van der Waals surface area (Å²) in [5.41, 5.74) is -10.4. The third kappa shape index (κ3) is 6.15. The molecule has 3 aliphatic carbocycles. The highest BCUT2D eigenvalue weighted by molar-refractivity contribution is 5.95. The molecule has 0 radical (unpaired) electrons. The fraction of sp³-hybridized carbons (Fsp3) is 0.667. The number of methoxy groups -OCH3 is 1. The van der Waals surface area contributed by atoms with Gasteiger partial charge in [0, 0.05) is 25.2 Å². The van der Waals surface area contributed by atoms with Crippen molar-refractivity contribution in [3.05, 3.63) is 47.0 Å². The predicted molar refractivity (Wildman–Crippen MR) is 201 cm³/mol. The molecule has 60 heavy (non-hydrogen) atoms. The number of esters is 3. The van der Waals surface area contributed by atoms with Gasteiger partial charge in [0.15, 0.2) is 35.4 Å². The van der Waals surface area contributed by atoms with Gasteiger partial charge >= 0.3 is 30.2 Å². The highest BCUT2D eigenvalue weighted by Gasteiger charge is 2.79. The topological polar surface area (TPSA) is 240 Å². The SMILES string of the molecule is COC(=O)O[C@@]12CO[C@@H]1CC(O)[C@@]1(C)C(=O)[C@H](OC(C)=O)C3=C(C)[C@@H](OC(=O)[C@H](O)[C@H]4N5C(=O)OC(C)(C)C5OC4(C)C)C[C@@](O)([C@@H](OC(=O)c4ccccc4)C12)C3(C)C. The molecule has 3 heterocycles. The molecule has 12 atom stereocenters. The van der Waals surface area contributed by atoms with Crippen LogP contribution in [0.3, 0.4) is 0 Å². The maximum absolute atomic E-state index is 15.5. The number of Topliss-reactive ketones (excluding diaryl/α,β-unsaturated/α-hetero) is 1. The molecule has 18 heteroatoms. The Kier molecular flexibility index (Phi) is 10.3. The number of ether oxygens (including phenoxy) is 8. The lowest BCUT2D eigenvalue weighted by molar-refractivity contribution is -0.344. The zero-order valence-electron chi connectivity index (χ0n) is 35.2. The van der Waals surface area contributed by atoms with E-state index >= 15 is 4.79 Å². The van der Waals surface area contributed by atoms with E-state index in [4.69, 9.17) is 37.9 Å². The molecule has 3 saturated heterocycles. The van der Waals surface area contributed by atoms with Crippen LogP contribution in [0, 0.1) is 16.7 Å². The van der Waals surface area contributed by atoms with Crippen LogP contribution in [0.15, 0.2) is 41.5 Å². The normalized spacial score (nSPS) is 38.6. The first-order chi connectivity index (χ1) is 27.8. The number of fused-ring (bicyclic) bond motifs is 6. The Morgan fingerprint density at radius 3 is 2.18 bits per heavy atom. The van der Waals surface area contributed by atoms with E-state index in [9.17, 15) is 39.3 Å². The summed E-state index contributed by atoms with van der Waals surface area (Å²) in [5.74, 6) is -5.64. The standard InChI is InChI=1S/C42H53NO17/c1-19-22(56-33(49)26(46)29-38(5,6)58-34-39(7,8)59-35(50)43(29)34)17-42(52)31(57-32(48)21-14-12-11-13-15-21)28-40(9,30(47)27(55-20(2)44)25(19)37(42,3)4)23(45)16-24-41(28,18-54-24)60-36(51)53-10/h11-15,22-24,26-29,31,34,45-46,52H,16-18H2,1-10H3/t22-,23?,24+,26+,27+,28?,29+,31-,34?,40+,41-,42+/m0/s1. The number of benzene rings is 1. The molecule has 6 aliphatic rings. The van der Waals surface area contributed by atoms with Crippen molar-refractivity contribution in [2.24, 2.45) is 16.7 Å². The maximum atomic E-state index is 15.5. The van der Waals surface area contributed by atoms with E-state index in [0.29, 0.717) is 0 Å². The number of cyclic esters (lactones) is 1. The third-order valence-electron chi connectivity index (χ3n) is 13.9. The molecule has 0 spiro atoms. The van der Waals surface area contributed by atoms with Crippen LogP contribution in [0.5, 0.6) is 0 Å². The fourth-order valence-electron chi connectivity index (χ4n) is 10.7. The minimum absolute atomic E-state index is 0.0271. The summed E-state index contributed by atoms with van der Waals surface area (Å²) >= 11 is 0. The number of nitrogens with zero attached hydrogens (tertiary/aromatic N) is 1. The second-order valence-electron chi connectivity index (χ2n) is 18.5. The number of carbonyl (C=O) groups excluding carboxylic acids is 6. The molecular formula is C42H53NO17. The van der Waals surface area contributed by atoms with Crippen molar-refractivity contribution in [2.45, 2.75) is 146 Å². The summed E-state index contributed by atoms with van der Waals surface area (Å²) in [6.45, 7) is 13.1. The van der Waals surface area contributed by atoms with Gasteiger partial charge in [-0.1, -0.05) is 32.0 Å². The number of rotatable bonds is 7. The molecule has 2 bridgehead atoms. The first-order valence-electron chi connectivity index (χ1n) is 19.9. The molecule has 0 aromatic heterocycles. The predicted octanol–water partition coefficient (Wildman–Crippen LogP) is 2.52. The number of aliphatic hydroxyl groups excluding tert-OH is 2. The molecular weight excluding hydrogens is 790 g/mol. The lowest BCUT2D eigenvalue weighted by Gasteiger charge is -2.67. The van der Waals surface area contributed by atoms with Crippen LogP contribution < -0.4 is 0 Å². The van der Waals surface area contributed by atoms with Crippen LogP contribution in [0.1, 0.15) is 85.5 Å². The van der Waals surface area contributed by atoms with Crippen LogP contribution in [0.25, 0.3) is 0 Å². The summed E-state index contributed by atoms with van der Waals surface area (Å²) in [4.78, 5) is 84.3. The molecule has 5 fully saturated rings. The highest BCUT2D eigenvalue weighted by Crippen LogP contribution is 2.64. The molecule has 328 valence electrons. The van der Waals surface area contributed by atoms with Gasteiger partial charge in [-0.25, -0.2) is 19.2 Å². The van der Waals surface area contributed by atoms with E-state index in [0.717, 1.165) is 18.9 Å². The summed E-state index contributed by atoms with van der Waals surface area (Å²) in [5, 5.41) is 37.4. The zero-order valence-corrected chi connectivity index (χ0v) is 35.2. The first-order valence-corrected chi connectivity index (χ1v) is 19.9. The van der Waals surface area contributed by atoms with Crippen LogP contribution in [0.4, 0.5) is 9.59 Å². The Labute approximate surface area is 346 Å². The molecule has 3 aliphatic heterocycles. The van der Waals surface area contributed by atoms with Gasteiger partial charge in [0.2, 0.25) is 0 Å². The number of aliphatic hydroxyl groups is 3. The van der Waals surface area contributed by atoms with E-state index < -0.39 is 130 Å². The van der Waals surface area contributed by atoms with Gasteiger partial charge in [-0.05, 0) is 64.8 Å². The largest absolute Gasteiger partial charge is 0.508 e. The molecule has 3 unspecified atom stereocenters. The summed E-state index contributed by atoms with van der Waals surface area (Å²) in [7, 11) is 1.06. The number of amides is 1. The van der Waals surface area contributed by atoms with Crippen LogP contribution in [-0.2, 0) is 52.3 Å². The number of ketones is 1. The van der Waals surface area contributed by atoms with E-state index in [2.05, 4.69) is 0 Å². The van der Waals surface area contributed by atoms with Crippen LogP contribution in [0.2, 0.25) is 0 Å². The average Bonchev–Trinajstić information content (AvgIpc) is 3.58. The second kappa shape index (κ2) is 14.2. The van der Waals surface area contributed by atoms with Crippen molar-refractivity contribution < 1.29 is 82.0 Å². The minimum atomic E-state index is -2.43. The number of hydrogen-bond donors (Lipinski definition) is 3. The van der Waals surface area contributed by atoms with Gasteiger partial charge in [-0.2, -0.15) is 0 Å². The molecule has 3 N–H and O–H groups in total. The monoisotopic (exact) mass is 843 g/mol. The minimum Gasteiger partial charge on any atom is -0.456 e. The van der Waals surface area contributed by atoms with Crippen molar-refractivity contribution in [2.75, 3.05) is 13.7 Å². The second-order valence-corrected chi connectivity index (χ2v) is 18.5. The molecule has 2 saturated carbocycles. The van der Waals surface area contributed by atoms with Crippen molar-refractivity contribution >= 4 is 35.9 Å². The van der Waals surface area contributed by atoms with Gasteiger partial charge < -0.3 is 53.2 Å². The van der Waals surface area contributed by atoms with E-state index in [1.54, 1.807) is 45.9 Å². The molecule has 1 amide bonds. The summed E-state index contributed by atoms with van der Waals surface area (Å²) < 4.78 is 46.6. The maximum Gasteiger partial charge on any atom is 0.508 e. The fourth-order valence-corrected chi connectivity index (χ4v) is 10.7. The molecule has 18 nitrogen and oxygen atoms in total. The van der Waals surface area contributed by atoms with E-state index in [-0.39, 0.29) is 29.7 Å². The smallest absolute Gasteiger partial charge is 0.456 e.